The third-order valence-corrected chi connectivity index (χ3v) is 2.71. The quantitative estimate of drug-likeness (QED) is 0.779. The lowest BCUT2D eigenvalue weighted by Crippen LogP contribution is -2.21. The van der Waals surface area contributed by atoms with E-state index >= 15 is 0 Å². The first kappa shape index (κ1) is 10.2. The maximum atomic E-state index is 11.1. The highest BCUT2D eigenvalue weighted by Gasteiger charge is 2.09. The Kier molecular flexibility index (Phi) is 3.02. The van der Waals surface area contributed by atoms with Crippen molar-refractivity contribution in [3.63, 3.8) is 0 Å². The van der Waals surface area contributed by atoms with Gasteiger partial charge in [-0.1, -0.05) is 25.1 Å². The minimum Gasteiger partial charge on any atom is -0.352 e. The summed E-state index contributed by atoms with van der Waals surface area (Å²) in [6, 6.07) is 6.40. The molecule has 80 valence electrons. The van der Waals surface area contributed by atoms with Gasteiger partial charge in [0.05, 0.1) is 0 Å². The van der Waals surface area contributed by atoms with Crippen molar-refractivity contribution < 1.29 is 4.79 Å². The van der Waals surface area contributed by atoms with E-state index in [1.54, 1.807) is 0 Å². The van der Waals surface area contributed by atoms with Gasteiger partial charge in [-0.3, -0.25) is 4.79 Å². The van der Waals surface area contributed by atoms with Crippen molar-refractivity contribution in [3.05, 3.63) is 34.9 Å². The van der Waals surface area contributed by atoms with E-state index in [9.17, 15) is 4.79 Å². The predicted octanol–water partition coefficient (Wildman–Crippen LogP) is 1.32. The molecule has 1 aliphatic heterocycles. The fraction of sp³-hybridized carbons (Fsp3) is 0.417. The van der Waals surface area contributed by atoms with Crippen LogP contribution in [-0.4, -0.2) is 5.91 Å². The third-order valence-electron chi connectivity index (χ3n) is 2.71. The monoisotopic (exact) mass is 204 g/mol. The second-order valence-electron chi connectivity index (χ2n) is 3.84. The van der Waals surface area contributed by atoms with Crippen LogP contribution < -0.4 is 10.6 Å². The van der Waals surface area contributed by atoms with Crippen LogP contribution in [0.2, 0.25) is 0 Å². The zero-order valence-electron chi connectivity index (χ0n) is 8.97. The topological polar surface area (TPSA) is 41.1 Å². The number of hydrogen-bond acceptors (Lipinski definition) is 2. The minimum atomic E-state index is 0.105. The van der Waals surface area contributed by atoms with E-state index in [-0.39, 0.29) is 5.91 Å². The van der Waals surface area contributed by atoms with Crippen molar-refractivity contribution in [1.29, 1.82) is 0 Å². The molecule has 0 aliphatic carbocycles. The number of carbonyl (C=O) groups is 1. The van der Waals surface area contributed by atoms with Crippen molar-refractivity contribution in [2.24, 2.45) is 0 Å². The molecule has 15 heavy (non-hydrogen) atoms. The smallest absolute Gasteiger partial charge is 0.219 e. The molecular formula is C12H16N2O. The second kappa shape index (κ2) is 4.45. The molecule has 2 rings (SSSR count). The van der Waals surface area contributed by atoms with Crippen LogP contribution in [0.25, 0.3) is 0 Å². The fourth-order valence-electron chi connectivity index (χ4n) is 1.78. The molecule has 1 aliphatic rings. The highest BCUT2D eigenvalue weighted by Crippen LogP contribution is 2.16. The average molecular weight is 204 g/mol. The summed E-state index contributed by atoms with van der Waals surface area (Å²) >= 11 is 0. The Hall–Kier alpha value is -1.35. The van der Waals surface area contributed by atoms with Gasteiger partial charge in [-0.05, 0) is 16.7 Å². The van der Waals surface area contributed by atoms with Gasteiger partial charge in [0.1, 0.15) is 0 Å². The molecule has 0 saturated heterocycles. The number of rotatable bonds is 3. The molecule has 0 unspecified atom stereocenters. The Labute approximate surface area is 89.9 Å². The lowest BCUT2D eigenvalue weighted by Gasteiger charge is -2.05. The average Bonchev–Trinajstić information content (AvgIpc) is 2.72. The molecule has 1 aromatic carbocycles. The highest BCUT2D eigenvalue weighted by molar-refractivity contribution is 5.75. The second-order valence-corrected chi connectivity index (χ2v) is 3.84. The van der Waals surface area contributed by atoms with Crippen molar-refractivity contribution in [1.82, 2.24) is 10.6 Å². The number of fused-ring (bicyclic) bond motifs is 1. The van der Waals surface area contributed by atoms with E-state index in [4.69, 9.17) is 0 Å². The summed E-state index contributed by atoms with van der Waals surface area (Å²) in [5.74, 6) is 0.105. The first-order chi connectivity index (χ1) is 7.29. The zero-order chi connectivity index (χ0) is 10.7. The number of nitrogens with one attached hydrogen (secondary N) is 2. The summed E-state index contributed by atoms with van der Waals surface area (Å²) in [5, 5.41) is 6.18. The van der Waals surface area contributed by atoms with Crippen LogP contribution in [0, 0.1) is 0 Å². The van der Waals surface area contributed by atoms with Crippen LogP contribution >= 0.6 is 0 Å². The van der Waals surface area contributed by atoms with Crippen LogP contribution in [0.1, 0.15) is 30.0 Å². The van der Waals surface area contributed by atoms with E-state index in [0.717, 1.165) is 13.1 Å². The first-order valence-electron chi connectivity index (χ1n) is 5.37. The van der Waals surface area contributed by atoms with Gasteiger partial charge in [-0.15, -0.1) is 0 Å². The van der Waals surface area contributed by atoms with Gasteiger partial charge in [0, 0.05) is 26.1 Å². The first-order valence-corrected chi connectivity index (χ1v) is 5.37. The van der Waals surface area contributed by atoms with E-state index in [1.165, 1.54) is 16.7 Å². The highest BCUT2D eigenvalue weighted by atomic mass is 16.1. The zero-order valence-corrected chi connectivity index (χ0v) is 8.97. The largest absolute Gasteiger partial charge is 0.352 e. The van der Waals surface area contributed by atoms with Gasteiger partial charge in [-0.25, -0.2) is 0 Å². The fourth-order valence-corrected chi connectivity index (χ4v) is 1.78. The predicted molar refractivity (Wildman–Crippen MR) is 59.1 cm³/mol. The van der Waals surface area contributed by atoms with Crippen molar-refractivity contribution in [2.45, 2.75) is 33.0 Å². The van der Waals surface area contributed by atoms with Crippen molar-refractivity contribution in [2.75, 3.05) is 0 Å². The normalized spacial score (nSPS) is 13.7. The maximum Gasteiger partial charge on any atom is 0.219 e. The summed E-state index contributed by atoms with van der Waals surface area (Å²) in [5.41, 5.74) is 3.91. The Morgan fingerprint density at radius 2 is 2.20 bits per heavy atom. The molecule has 1 amide bonds. The van der Waals surface area contributed by atoms with E-state index in [0.29, 0.717) is 13.0 Å². The van der Waals surface area contributed by atoms with Gasteiger partial charge in [0.2, 0.25) is 5.91 Å². The Balaban J connectivity index is 2.01. The van der Waals surface area contributed by atoms with E-state index < -0.39 is 0 Å². The van der Waals surface area contributed by atoms with E-state index in [2.05, 4.69) is 28.8 Å². The minimum absolute atomic E-state index is 0.105. The summed E-state index contributed by atoms with van der Waals surface area (Å²) < 4.78 is 0. The molecule has 0 spiro atoms. The van der Waals surface area contributed by atoms with Gasteiger partial charge in [0.15, 0.2) is 0 Å². The summed E-state index contributed by atoms with van der Waals surface area (Å²) in [4.78, 5) is 11.1. The van der Waals surface area contributed by atoms with Crippen LogP contribution in [0.15, 0.2) is 18.2 Å². The molecule has 1 heterocycles. The molecule has 3 nitrogen and oxygen atoms in total. The number of amides is 1. The third kappa shape index (κ3) is 2.36. The Morgan fingerprint density at radius 1 is 1.40 bits per heavy atom. The standard InChI is InChI=1S/C12H16N2O/c1-2-12(15)14-6-9-3-4-10-7-13-8-11(10)5-9/h3-5,13H,2,6-8H2,1H3,(H,14,15). The molecule has 0 saturated carbocycles. The van der Waals surface area contributed by atoms with Crippen LogP contribution in [0.3, 0.4) is 0 Å². The van der Waals surface area contributed by atoms with Gasteiger partial charge < -0.3 is 10.6 Å². The Bertz CT molecular complexity index is 374. The number of hydrogen-bond donors (Lipinski definition) is 2. The molecule has 1 aromatic rings. The molecule has 0 aromatic heterocycles. The van der Waals surface area contributed by atoms with Crippen LogP contribution in [-0.2, 0) is 24.4 Å². The van der Waals surface area contributed by atoms with Gasteiger partial charge in [-0.2, -0.15) is 0 Å². The number of carbonyl (C=O) groups excluding carboxylic acids is 1. The summed E-state index contributed by atoms with van der Waals surface area (Å²) in [7, 11) is 0. The van der Waals surface area contributed by atoms with Crippen molar-refractivity contribution >= 4 is 5.91 Å². The Morgan fingerprint density at radius 3 is 3.00 bits per heavy atom. The maximum absolute atomic E-state index is 11.1. The molecule has 0 atom stereocenters. The lowest BCUT2D eigenvalue weighted by molar-refractivity contribution is -0.120. The van der Waals surface area contributed by atoms with E-state index in [1.807, 2.05) is 6.92 Å². The summed E-state index contributed by atoms with van der Waals surface area (Å²) in [6.45, 7) is 4.42. The summed E-state index contributed by atoms with van der Waals surface area (Å²) in [6.07, 6.45) is 0.548. The molecular weight excluding hydrogens is 188 g/mol. The number of benzene rings is 1. The molecule has 0 bridgehead atoms. The molecule has 0 fully saturated rings. The molecule has 0 radical (unpaired) electrons. The lowest BCUT2D eigenvalue weighted by atomic mass is 10.1. The van der Waals surface area contributed by atoms with Crippen LogP contribution in [0.5, 0.6) is 0 Å². The van der Waals surface area contributed by atoms with Crippen LogP contribution in [0.4, 0.5) is 0 Å². The molecule has 2 N–H and O–H groups in total. The SMILES string of the molecule is CCC(=O)NCc1ccc2c(c1)CNC2. The van der Waals surface area contributed by atoms with Gasteiger partial charge >= 0.3 is 0 Å². The molecule has 3 heteroatoms. The van der Waals surface area contributed by atoms with Gasteiger partial charge in [0.25, 0.3) is 0 Å². The van der Waals surface area contributed by atoms with Crippen molar-refractivity contribution in [3.8, 4) is 0 Å².